The third-order valence-electron chi connectivity index (χ3n) is 2.78. The molecule has 0 saturated carbocycles. The maximum Gasteiger partial charge on any atom is 0.173 e. The third-order valence-corrected chi connectivity index (χ3v) is 2.78. The largest absolute Gasteiger partial charge is 0.449 e. The monoisotopic (exact) mass is 212 g/mol. The van der Waals surface area contributed by atoms with Crippen molar-refractivity contribution < 1.29 is 9.47 Å². The lowest BCUT2D eigenvalue weighted by molar-refractivity contribution is 0.355. The molecular weight excluding hydrogens is 200 g/mol. The van der Waals surface area contributed by atoms with Gasteiger partial charge in [-0.2, -0.15) is 0 Å². The molecule has 0 amide bonds. The number of hydrogen-bond acceptors (Lipinski definition) is 2. The highest BCUT2D eigenvalue weighted by atomic mass is 16.6. The van der Waals surface area contributed by atoms with Crippen molar-refractivity contribution in [3.8, 4) is 23.0 Å². The van der Waals surface area contributed by atoms with Crippen LogP contribution in [0.4, 0.5) is 0 Å². The standard InChI is InChI=1S/C14H12O2/c1-9-5-3-7-11-13(9)15-12-8-4-6-10(2)14(12)16-11/h3-8H,1-2H3. The van der Waals surface area contributed by atoms with Gasteiger partial charge in [0, 0.05) is 0 Å². The van der Waals surface area contributed by atoms with Crippen LogP contribution in [-0.4, -0.2) is 0 Å². The summed E-state index contributed by atoms with van der Waals surface area (Å²) in [6, 6.07) is 11.8. The fourth-order valence-corrected chi connectivity index (χ4v) is 1.89. The molecule has 1 aliphatic rings. The summed E-state index contributed by atoms with van der Waals surface area (Å²) in [5.41, 5.74) is 2.18. The summed E-state index contributed by atoms with van der Waals surface area (Å²) < 4.78 is 11.7. The quantitative estimate of drug-likeness (QED) is 0.556. The SMILES string of the molecule is Cc1cccc2c1Oc1cccc(C)c1O2. The first-order valence-corrected chi connectivity index (χ1v) is 5.30. The van der Waals surface area contributed by atoms with Gasteiger partial charge in [0.1, 0.15) is 0 Å². The van der Waals surface area contributed by atoms with E-state index >= 15 is 0 Å². The van der Waals surface area contributed by atoms with Crippen LogP contribution in [0.1, 0.15) is 11.1 Å². The second-order valence-electron chi connectivity index (χ2n) is 4.01. The van der Waals surface area contributed by atoms with Crippen LogP contribution in [0.15, 0.2) is 36.4 Å². The van der Waals surface area contributed by atoms with Crippen molar-refractivity contribution in [2.75, 3.05) is 0 Å². The van der Waals surface area contributed by atoms with Crippen molar-refractivity contribution in [3.05, 3.63) is 47.5 Å². The van der Waals surface area contributed by atoms with Crippen LogP contribution in [-0.2, 0) is 0 Å². The van der Waals surface area contributed by atoms with Crippen molar-refractivity contribution in [3.63, 3.8) is 0 Å². The third kappa shape index (κ3) is 1.27. The molecule has 0 aromatic heterocycles. The van der Waals surface area contributed by atoms with Crippen LogP contribution < -0.4 is 9.47 Å². The maximum absolute atomic E-state index is 5.86. The number of aryl methyl sites for hydroxylation is 2. The molecule has 3 rings (SSSR count). The van der Waals surface area contributed by atoms with E-state index in [0.29, 0.717) is 0 Å². The van der Waals surface area contributed by atoms with Crippen molar-refractivity contribution in [2.24, 2.45) is 0 Å². The number of rotatable bonds is 0. The van der Waals surface area contributed by atoms with Gasteiger partial charge < -0.3 is 9.47 Å². The van der Waals surface area contributed by atoms with Gasteiger partial charge in [0.2, 0.25) is 0 Å². The summed E-state index contributed by atoms with van der Waals surface area (Å²) in [5.74, 6) is 3.23. The molecule has 0 fully saturated rings. The Morgan fingerprint density at radius 3 is 1.56 bits per heavy atom. The van der Waals surface area contributed by atoms with Crippen molar-refractivity contribution in [2.45, 2.75) is 13.8 Å². The number of benzene rings is 2. The summed E-state index contributed by atoms with van der Waals surface area (Å²) >= 11 is 0. The van der Waals surface area contributed by atoms with E-state index in [4.69, 9.17) is 9.47 Å². The smallest absolute Gasteiger partial charge is 0.173 e. The summed E-state index contributed by atoms with van der Waals surface area (Å²) in [6.45, 7) is 4.03. The van der Waals surface area contributed by atoms with E-state index in [1.54, 1.807) is 0 Å². The molecule has 80 valence electrons. The van der Waals surface area contributed by atoms with Gasteiger partial charge in [-0.25, -0.2) is 0 Å². The van der Waals surface area contributed by atoms with Gasteiger partial charge in [-0.3, -0.25) is 0 Å². The molecule has 2 aromatic carbocycles. The molecule has 0 saturated heterocycles. The van der Waals surface area contributed by atoms with Crippen LogP contribution in [0.3, 0.4) is 0 Å². The first-order chi connectivity index (χ1) is 7.75. The molecule has 1 heterocycles. The van der Waals surface area contributed by atoms with Gasteiger partial charge in [-0.1, -0.05) is 24.3 Å². The minimum absolute atomic E-state index is 0.793. The first kappa shape index (κ1) is 9.28. The van der Waals surface area contributed by atoms with Gasteiger partial charge in [-0.05, 0) is 37.1 Å². The molecule has 0 atom stereocenters. The molecule has 16 heavy (non-hydrogen) atoms. The predicted molar refractivity (Wildman–Crippen MR) is 62.5 cm³/mol. The number of para-hydroxylation sites is 2. The maximum atomic E-state index is 5.86. The second kappa shape index (κ2) is 3.27. The lowest BCUT2D eigenvalue weighted by Crippen LogP contribution is -2.01. The zero-order chi connectivity index (χ0) is 11.1. The summed E-state index contributed by atoms with van der Waals surface area (Å²) in [4.78, 5) is 0. The van der Waals surface area contributed by atoms with Crippen LogP contribution in [0.5, 0.6) is 23.0 Å². The molecule has 0 bridgehead atoms. The van der Waals surface area contributed by atoms with Crippen LogP contribution in [0, 0.1) is 13.8 Å². The lowest BCUT2D eigenvalue weighted by Gasteiger charge is -2.22. The summed E-state index contributed by atoms with van der Waals surface area (Å²) in [6.07, 6.45) is 0. The van der Waals surface area contributed by atoms with Crippen LogP contribution >= 0.6 is 0 Å². The fourth-order valence-electron chi connectivity index (χ4n) is 1.89. The normalized spacial score (nSPS) is 12.1. The summed E-state index contributed by atoms with van der Waals surface area (Å²) in [7, 11) is 0. The van der Waals surface area contributed by atoms with Crippen LogP contribution in [0.25, 0.3) is 0 Å². The molecule has 0 N–H and O–H groups in total. The predicted octanol–water partition coefficient (Wildman–Crippen LogP) is 4.20. The van der Waals surface area contributed by atoms with Gasteiger partial charge in [0.25, 0.3) is 0 Å². The second-order valence-corrected chi connectivity index (χ2v) is 4.01. The van der Waals surface area contributed by atoms with Gasteiger partial charge in [0.15, 0.2) is 23.0 Å². The van der Waals surface area contributed by atoms with E-state index in [1.807, 2.05) is 50.2 Å². The first-order valence-electron chi connectivity index (χ1n) is 5.30. The van der Waals surface area contributed by atoms with E-state index in [2.05, 4.69) is 0 Å². The van der Waals surface area contributed by atoms with E-state index < -0.39 is 0 Å². The van der Waals surface area contributed by atoms with Gasteiger partial charge in [-0.15, -0.1) is 0 Å². The molecule has 1 aliphatic heterocycles. The zero-order valence-corrected chi connectivity index (χ0v) is 9.28. The highest BCUT2D eigenvalue weighted by Gasteiger charge is 2.20. The van der Waals surface area contributed by atoms with E-state index in [9.17, 15) is 0 Å². The molecule has 0 unspecified atom stereocenters. The molecule has 0 radical (unpaired) electrons. The van der Waals surface area contributed by atoms with E-state index in [-0.39, 0.29) is 0 Å². The summed E-state index contributed by atoms with van der Waals surface area (Å²) in [5, 5.41) is 0. The molecule has 0 spiro atoms. The van der Waals surface area contributed by atoms with Crippen molar-refractivity contribution in [1.29, 1.82) is 0 Å². The van der Waals surface area contributed by atoms with Crippen molar-refractivity contribution >= 4 is 0 Å². The molecule has 2 nitrogen and oxygen atoms in total. The highest BCUT2D eigenvalue weighted by molar-refractivity contribution is 5.59. The highest BCUT2D eigenvalue weighted by Crippen LogP contribution is 2.47. The number of fused-ring (bicyclic) bond motifs is 2. The molecule has 0 aliphatic carbocycles. The molecular formula is C14H12O2. The minimum atomic E-state index is 0.793. The lowest BCUT2D eigenvalue weighted by atomic mass is 10.1. The Morgan fingerprint density at radius 1 is 0.688 bits per heavy atom. The van der Waals surface area contributed by atoms with Crippen LogP contribution in [0.2, 0.25) is 0 Å². The zero-order valence-electron chi connectivity index (χ0n) is 9.28. The number of ether oxygens (including phenoxy) is 2. The van der Waals surface area contributed by atoms with E-state index in [0.717, 1.165) is 34.1 Å². The van der Waals surface area contributed by atoms with E-state index in [1.165, 1.54) is 0 Å². The fraction of sp³-hybridized carbons (Fsp3) is 0.143. The Morgan fingerprint density at radius 2 is 1.12 bits per heavy atom. The minimum Gasteiger partial charge on any atom is -0.449 e. The Bertz CT molecular complexity index is 507. The van der Waals surface area contributed by atoms with Gasteiger partial charge >= 0.3 is 0 Å². The number of hydrogen-bond donors (Lipinski definition) is 0. The average molecular weight is 212 g/mol. The average Bonchev–Trinajstić information content (AvgIpc) is 2.29. The Hall–Kier alpha value is -1.96. The molecule has 2 aromatic rings. The van der Waals surface area contributed by atoms with Crippen molar-refractivity contribution in [1.82, 2.24) is 0 Å². The Balaban J connectivity index is 2.17. The van der Waals surface area contributed by atoms with Gasteiger partial charge in [0.05, 0.1) is 0 Å². The topological polar surface area (TPSA) is 18.5 Å². The molecule has 2 heteroatoms. The Labute approximate surface area is 94.4 Å². The Kier molecular flexibility index (Phi) is 1.90.